The molecule has 0 radical (unpaired) electrons. The molecule has 30 heavy (non-hydrogen) atoms. The van der Waals surface area contributed by atoms with Crippen LogP contribution in [0.4, 0.5) is 11.8 Å². The van der Waals surface area contributed by atoms with E-state index in [0.717, 1.165) is 43.4 Å². The number of hydrogen-bond acceptors (Lipinski definition) is 8. The average molecular weight is 447 g/mol. The first kappa shape index (κ1) is 19.8. The van der Waals surface area contributed by atoms with Crippen LogP contribution < -0.4 is 10.2 Å². The fourth-order valence-electron chi connectivity index (χ4n) is 4.12. The van der Waals surface area contributed by atoms with E-state index in [4.69, 9.17) is 21.6 Å². The van der Waals surface area contributed by atoms with Gasteiger partial charge in [-0.05, 0) is 32.1 Å². The second-order valence-electron chi connectivity index (χ2n) is 8.05. The number of aliphatic hydroxyl groups excluding tert-OH is 1. The van der Waals surface area contributed by atoms with Gasteiger partial charge in [0.2, 0.25) is 5.95 Å². The number of nitrogens with zero attached hydrogens (tertiary/aromatic N) is 5. The Balaban J connectivity index is 1.45. The van der Waals surface area contributed by atoms with E-state index in [9.17, 15) is 9.32 Å². The molecule has 10 heteroatoms. The van der Waals surface area contributed by atoms with Crippen molar-refractivity contribution in [1.29, 1.82) is 0 Å². The summed E-state index contributed by atoms with van der Waals surface area (Å²) in [7, 11) is -1.12. The van der Waals surface area contributed by atoms with Crippen LogP contribution in [0, 0.1) is 0 Å². The number of anilines is 2. The number of aryl methyl sites for hydroxylation is 1. The van der Waals surface area contributed by atoms with Crippen molar-refractivity contribution >= 4 is 39.7 Å². The molecule has 0 unspecified atom stereocenters. The zero-order chi connectivity index (χ0) is 20.7. The summed E-state index contributed by atoms with van der Waals surface area (Å²) in [5.74, 6) is 2.48. The third kappa shape index (κ3) is 3.59. The van der Waals surface area contributed by atoms with E-state index in [1.807, 2.05) is 0 Å². The van der Waals surface area contributed by atoms with Gasteiger partial charge < -0.3 is 15.3 Å². The molecule has 1 fully saturated rings. The zero-order valence-electron chi connectivity index (χ0n) is 16.5. The fourth-order valence-corrected chi connectivity index (χ4v) is 5.55. The number of fused-ring (bicyclic) bond motifs is 1. The van der Waals surface area contributed by atoms with Gasteiger partial charge in [-0.3, -0.25) is 4.21 Å². The van der Waals surface area contributed by atoms with Crippen molar-refractivity contribution in [2.45, 2.75) is 42.5 Å². The number of nitrogens with one attached hydrogen (secondary N) is 1. The maximum atomic E-state index is 12.8. The van der Waals surface area contributed by atoms with Crippen molar-refractivity contribution < 1.29 is 9.32 Å². The number of halogens is 1. The molecule has 2 aliphatic heterocycles. The molecule has 2 aromatic heterocycles. The molecule has 0 bridgehead atoms. The molecule has 3 aliphatic rings. The first-order valence-electron chi connectivity index (χ1n) is 10.2. The molecule has 2 aromatic rings. The minimum absolute atomic E-state index is 0.0388. The number of hydrogen-bond donors (Lipinski definition) is 2. The summed E-state index contributed by atoms with van der Waals surface area (Å²) >= 11 is 5.90. The van der Waals surface area contributed by atoms with Crippen LogP contribution in [0.25, 0.3) is 5.57 Å². The van der Waals surface area contributed by atoms with E-state index in [-0.39, 0.29) is 12.1 Å². The number of rotatable bonds is 5. The Labute approximate surface area is 182 Å². The Morgan fingerprint density at radius 1 is 1.23 bits per heavy atom. The van der Waals surface area contributed by atoms with Gasteiger partial charge in [-0.25, -0.2) is 15.0 Å². The summed E-state index contributed by atoms with van der Waals surface area (Å²) in [6, 6.07) is 0. The summed E-state index contributed by atoms with van der Waals surface area (Å²) in [5.41, 5.74) is 1.47. The van der Waals surface area contributed by atoms with Crippen molar-refractivity contribution in [3.8, 4) is 0 Å². The zero-order valence-corrected chi connectivity index (χ0v) is 18.0. The maximum absolute atomic E-state index is 12.8. The fraction of sp³-hybridized carbons (Fsp3) is 0.500. The lowest BCUT2D eigenvalue weighted by Crippen LogP contribution is -2.49. The molecule has 5 rings (SSSR count). The third-order valence-electron chi connectivity index (χ3n) is 6.00. The summed E-state index contributed by atoms with van der Waals surface area (Å²) in [4.78, 5) is 20.9. The van der Waals surface area contributed by atoms with E-state index < -0.39 is 10.8 Å². The van der Waals surface area contributed by atoms with Crippen LogP contribution in [-0.2, 0) is 17.2 Å². The van der Waals surface area contributed by atoms with E-state index >= 15 is 0 Å². The molecule has 8 nitrogen and oxygen atoms in total. The lowest BCUT2D eigenvalue weighted by Gasteiger charge is -2.42. The van der Waals surface area contributed by atoms with E-state index in [1.54, 1.807) is 12.4 Å². The SMILES string of the molecule is O=[S@@]1CCCc2nc(N3CC=C(c4ncc(Cl)cn4)C3)nc(NC3(CO)CCC3)c21. The van der Waals surface area contributed by atoms with Crippen molar-refractivity contribution in [1.82, 2.24) is 19.9 Å². The first-order chi connectivity index (χ1) is 14.6. The molecule has 1 atom stereocenters. The highest BCUT2D eigenvalue weighted by atomic mass is 35.5. The Bertz CT molecular complexity index is 1020. The van der Waals surface area contributed by atoms with Gasteiger partial charge >= 0.3 is 0 Å². The minimum Gasteiger partial charge on any atom is -0.394 e. The normalized spacial score (nSPS) is 22.3. The highest BCUT2D eigenvalue weighted by Gasteiger charge is 2.38. The van der Waals surface area contributed by atoms with Crippen LogP contribution in [0.3, 0.4) is 0 Å². The molecule has 0 amide bonds. The van der Waals surface area contributed by atoms with Crippen LogP contribution in [0.1, 0.15) is 37.2 Å². The van der Waals surface area contributed by atoms with Crippen molar-refractivity contribution in [2.75, 3.05) is 35.7 Å². The summed E-state index contributed by atoms with van der Waals surface area (Å²) in [6.45, 7) is 1.28. The highest BCUT2D eigenvalue weighted by molar-refractivity contribution is 7.85. The number of aliphatic hydroxyl groups is 1. The Morgan fingerprint density at radius 2 is 2.03 bits per heavy atom. The van der Waals surface area contributed by atoms with E-state index in [1.165, 1.54) is 0 Å². The van der Waals surface area contributed by atoms with Crippen LogP contribution >= 0.6 is 11.6 Å². The lowest BCUT2D eigenvalue weighted by atomic mass is 9.77. The van der Waals surface area contributed by atoms with Crippen molar-refractivity contribution in [2.24, 2.45) is 0 Å². The maximum Gasteiger partial charge on any atom is 0.228 e. The van der Waals surface area contributed by atoms with Crippen LogP contribution in [0.15, 0.2) is 23.4 Å². The van der Waals surface area contributed by atoms with Gasteiger partial charge in [0, 0.05) is 36.8 Å². The lowest BCUT2D eigenvalue weighted by molar-refractivity contribution is 0.143. The number of aromatic nitrogens is 4. The van der Waals surface area contributed by atoms with Gasteiger partial charge in [0.25, 0.3) is 0 Å². The molecular formula is C20H23ClN6O2S. The van der Waals surface area contributed by atoms with E-state index in [2.05, 4.69) is 26.3 Å². The van der Waals surface area contributed by atoms with Crippen molar-refractivity contribution in [3.63, 3.8) is 0 Å². The van der Waals surface area contributed by atoms with E-state index in [0.29, 0.717) is 46.4 Å². The highest BCUT2D eigenvalue weighted by Crippen LogP contribution is 2.38. The molecule has 0 saturated heterocycles. The summed E-state index contributed by atoms with van der Waals surface area (Å²) in [6.07, 6.45) is 9.71. The predicted octanol–water partition coefficient (Wildman–Crippen LogP) is 2.20. The summed E-state index contributed by atoms with van der Waals surface area (Å²) < 4.78 is 12.8. The molecule has 2 N–H and O–H groups in total. The molecule has 0 aromatic carbocycles. The second-order valence-corrected chi connectivity index (χ2v) is 10.00. The van der Waals surface area contributed by atoms with Gasteiger partial charge in [0.15, 0.2) is 5.82 Å². The molecule has 158 valence electrons. The smallest absolute Gasteiger partial charge is 0.228 e. The third-order valence-corrected chi connectivity index (χ3v) is 7.74. The molecule has 4 heterocycles. The van der Waals surface area contributed by atoms with Gasteiger partial charge in [-0.15, -0.1) is 0 Å². The summed E-state index contributed by atoms with van der Waals surface area (Å²) in [5, 5.41) is 13.8. The quantitative estimate of drug-likeness (QED) is 0.720. The Kier molecular flexibility index (Phi) is 5.20. The van der Waals surface area contributed by atoms with Crippen molar-refractivity contribution in [3.05, 3.63) is 35.0 Å². The van der Waals surface area contributed by atoms with Gasteiger partial charge in [0.1, 0.15) is 10.7 Å². The molecule has 1 aliphatic carbocycles. The average Bonchev–Trinajstić information content (AvgIpc) is 3.21. The Morgan fingerprint density at radius 3 is 2.73 bits per heavy atom. The molecular weight excluding hydrogens is 424 g/mol. The largest absolute Gasteiger partial charge is 0.394 e. The minimum atomic E-state index is -1.12. The molecule has 0 spiro atoms. The van der Waals surface area contributed by atoms with Gasteiger partial charge in [-0.2, -0.15) is 4.98 Å². The second kappa shape index (κ2) is 7.86. The monoisotopic (exact) mass is 446 g/mol. The predicted molar refractivity (Wildman–Crippen MR) is 116 cm³/mol. The van der Waals surface area contributed by atoms with Gasteiger partial charge in [0.05, 0.1) is 33.7 Å². The van der Waals surface area contributed by atoms with Gasteiger partial charge in [-0.1, -0.05) is 17.7 Å². The van der Waals surface area contributed by atoms with Crippen LogP contribution in [-0.4, -0.2) is 60.2 Å². The standard InChI is InChI=1S/C20H23ClN6O2S/c21-14-9-22-17(23-10-14)13-4-7-27(11-13)19-24-15-3-1-8-30(29)16(15)18(25-19)26-20(12-28)5-2-6-20/h4,9-10,28H,1-3,5-8,11-12H2,(H,24,25,26)/t30-/m1/s1. The van der Waals surface area contributed by atoms with Crippen LogP contribution in [0.5, 0.6) is 0 Å². The topological polar surface area (TPSA) is 104 Å². The Hall–Kier alpha value is -2.10. The molecule has 1 saturated carbocycles. The first-order valence-corrected chi connectivity index (χ1v) is 11.9. The van der Waals surface area contributed by atoms with Crippen LogP contribution in [0.2, 0.25) is 5.02 Å².